The van der Waals surface area contributed by atoms with Crippen LogP contribution in [0.1, 0.15) is 44.2 Å². The van der Waals surface area contributed by atoms with E-state index in [4.69, 9.17) is 0 Å². The highest BCUT2D eigenvalue weighted by Crippen LogP contribution is 2.24. The highest BCUT2D eigenvalue weighted by molar-refractivity contribution is 5.84. The molecule has 0 radical (unpaired) electrons. The van der Waals surface area contributed by atoms with Gasteiger partial charge in [-0.2, -0.15) is 5.10 Å². The Morgan fingerprint density at radius 3 is 2.23 bits per heavy atom. The molecule has 3 aromatic rings. The molecule has 1 aliphatic carbocycles. The largest absolute Gasteiger partial charge is 0.369 e. The molecule has 2 aliphatic rings. The van der Waals surface area contributed by atoms with Crippen LogP contribution in [0.3, 0.4) is 0 Å². The number of nitrogens with one attached hydrogen (secondary N) is 1. The summed E-state index contributed by atoms with van der Waals surface area (Å²) in [5.74, 6) is 0.000417. The number of amides is 1. The molecule has 1 saturated heterocycles. The Kier molecular flexibility index (Phi) is 6.72. The second-order valence-corrected chi connectivity index (χ2v) is 9.87. The maximum atomic E-state index is 13.0. The topological polar surface area (TPSA) is 75.4 Å². The number of carbonyl (C=O) groups is 1. The minimum absolute atomic E-state index is 0.0283. The molecule has 2 fully saturated rings. The number of nitrogens with zero attached hydrogens (tertiary/aromatic N) is 5. The Morgan fingerprint density at radius 2 is 1.63 bits per heavy atom. The van der Waals surface area contributed by atoms with Gasteiger partial charge in [0.05, 0.1) is 17.6 Å². The summed E-state index contributed by atoms with van der Waals surface area (Å²) < 4.78 is 3.07. The molecule has 2 aromatic carbocycles. The van der Waals surface area contributed by atoms with Gasteiger partial charge in [-0.05, 0) is 56.5 Å². The molecule has 0 bridgehead atoms. The van der Waals surface area contributed by atoms with Crippen LogP contribution < -0.4 is 15.9 Å². The predicted octanol–water partition coefficient (Wildman–Crippen LogP) is 2.80. The average Bonchev–Trinajstić information content (AvgIpc) is 3.61. The molecule has 1 saturated carbocycles. The van der Waals surface area contributed by atoms with Crippen LogP contribution in [0, 0.1) is 0 Å². The second-order valence-electron chi connectivity index (χ2n) is 9.87. The quantitative estimate of drug-likeness (QED) is 0.543. The number of anilines is 1. The number of piperazine rings is 1. The van der Waals surface area contributed by atoms with Crippen molar-refractivity contribution in [2.45, 2.75) is 44.7 Å². The molecule has 1 unspecified atom stereocenters. The van der Waals surface area contributed by atoms with E-state index in [9.17, 15) is 9.59 Å². The van der Waals surface area contributed by atoms with Gasteiger partial charge >= 0.3 is 5.69 Å². The molecule has 1 amide bonds. The molecule has 1 N–H and O–H groups in total. The molecule has 35 heavy (non-hydrogen) atoms. The van der Waals surface area contributed by atoms with E-state index in [0.29, 0.717) is 6.04 Å². The fourth-order valence-electron chi connectivity index (χ4n) is 4.67. The van der Waals surface area contributed by atoms with Gasteiger partial charge in [0.2, 0.25) is 5.91 Å². The van der Waals surface area contributed by atoms with Crippen molar-refractivity contribution >= 4 is 11.6 Å². The first-order valence-corrected chi connectivity index (χ1v) is 12.6. The molecule has 8 nitrogen and oxygen atoms in total. The van der Waals surface area contributed by atoms with Gasteiger partial charge in [0.25, 0.3) is 0 Å². The van der Waals surface area contributed by atoms with E-state index < -0.39 is 0 Å². The van der Waals surface area contributed by atoms with Crippen LogP contribution in [0.2, 0.25) is 0 Å². The number of rotatable bonds is 8. The summed E-state index contributed by atoms with van der Waals surface area (Å²) in [5, 5.41) is 7.41. The van der Waals surface area contributed by atoms with E-state index >= 15 is 0 Å². The van der Waals surface area contributed by atoms with Crippen LogP contribution in [-0.2, 0) is 4.79 Å². The lowest BCUT2D eigenvalue weighted by molar-refractivity contribution is -0.123. The summed E-state index contributed by atoms with van der Waals surface area (Å²) in [4.78, 5) is 30.3. The molecule has 1 atom stereocenters. The van der Waals surface area contributed by atoms with Gasteiger partial charge in [-0.25, -0.2) is 14.0 Å². The first kappa shape index (κ1) is 23.4. The number of carbonyl (C=O) groups excluding carboxylic acids is 1. The third kappa shape index (κ3) is 5.32. The van der Waals surface area contributed by atoms with E-state index in [1.54, 1.807) is 10.9 Å². The fourth-order valence-corrected chi connectivity index (χ4v) is 4.67. The lowest BCUT2D eigenvalue weighted by Crippen LogP contribution is -2.49. The normalized spacial score (nSPS) is 17.5. The summed E-state index contributed by atoms with van der Waals surface area (Å²) in [6.45, 7) is 8.24. The molecule has 184 valence electrons. The van der Waals surface area contributed by atoms with Crippen LogP contribution in [0.15, 0.2) is 65.7 Å². The Hall–Kier alpha value is -3.39. The molecular formula is C27H34N6O2. The first-order valence-electron chi connectivity index (χ1n) is 12.6. The average molecular weight is 475 g/mol. The molecule has 1 aromatic heterocycles. The van der Waals surface area contributed by atoms with Crippen molar-refractivity contribution in [3.8, 4) is 5.69 Å². The minimum Gasteiger partial charge on any atom is -0.369 e. The summed E-state index contributed by atoms with van der Waals surface area (Å²) in [6.07, 6.45) is 3.78. The van der Waals surface area contributed by atoms with Crippen LogP contribution >= 0.6 is 0 Å². The van der Waals surface area contributed by atoms with Gasteiger partial charge in [0.1, 0.15) is 6.33 Å². The van der Waals surface area contributed by atoms with Crippen molar-refractivity contribution in [1.29, 1.82) is 0 Å². The van der Waals surface area contributed by atoms with Crippen LogP contribution in [0.4, 0.5) is 5.69 Å². The van der Waals surface area contributed by atoms with E-state index in [-0.39, 0.29) is 23.6 Å². The van der Waals surface area contributed by atoms with Crippen molar-refractivity contribution < 1.29 is 4.79 Å². The Morgan fingerprint density at radius 1 is 0.971 bits per heavy atom. The zero-order chi connectivity index (χ0) is 24.4. The molecular weight excluding hydrogens is 440 g/mol. The SMILES string of the molecule is CC(C)n1ncn(-c2ccc(N3CCN(CC(C(=O)NC4CC4)c4ccccc4)CC3)cc2)c1=O. The highest BCUT2D eigenvalue weighted by Gasteiger charge is 2.30. The smallest absolute Gasteiger partial charge is 0.350 e. The van der Waals surface area contributed by atoms with Crippen molar-refractivity contribution in [1.82, 2.24) is 24.6 Å². The maximum Gasteiger partial charge on any atom is 0.350 e. The highest BCUT2D eigenvalue weighted by atomic mass is 16.2. The Labute approximate surface area is 206 Å². The standard InChI is InChI=1S/C27H34N6O2/c1-20(2)33-27(35)32(19-28-33)24-12-10-23(11-13-24)31-16-14-30(15-17-31)18-25(21-6-4-3-5-7-21)26(34)29-22-8-9-22/h3-7,10-13,19-20,22,25H,8-9,14-18H2,1-2H3,(H,29,34). The lowest BCUT2D eigenvalue weighted by atomic mass is 9.97. The summed E-state index contributed by atoms with van der Waals surface area (Å²) >= 11 is 0. The molecule has 5 rings (SSSR count). The summed E-state index contributed by atoms with van der Waals surface area (Å²) in [7, 11) is 0. The predicted molar refractivity (Wildman–Crippen MR) is 137 cm³/mol. The minimum atomic E-state index is -0.146. The molecule has 0 spiro atoms. The Bertz CT molecular complexity index is 1190. The maximum absolute atomic E-state index is 13.0. The summed E-state index contributed by atoms with van der Waals surface area (Å²) in [6, 6.07) is 18.6. The monoisotopic (exact) mass is 474 g/mol. The van der Waals surface area contributed by atoms with E-state index in [1.807, 2.05) is 44.2 Å². The van der Waals surface area contributed by atoms with E-state index in [2.05, 4.69) is 44.5 Å². The van der Waals surface area contributed by atoms with Crippen molar-refractivity contribution in [3.05, 3.63) is 77.0 Å². The number of aromatic nitrogens is 3. The van der Waals surface area contributed by atoms with Crippen molar-refractivity contribution in [2.24, 2.45) is 0 Å². The zero-order valence-electron chi connectivity index (χ0n) is 20.5. The van der Waals surface area contributed by atoms with Gasteiger partial charge in [-0.3, -0.25) is 9.69 Å². The third-order valence-corrected chi connectivity index (χ3v) is 6.93. The van der Waals surface area contributed by atoms with E-state index in [0.717, 1.165) is 62.5 Å². The number of benzene rings is 2. The van der Waals surface area contributed by atoms with Gasteiger partial charge in [0.15, 0.2) is 0 Å². The fraction of sp³-hybridized carbons (Fsp3) is 0.444. The van der Waals surface area contributed by atoms with Gasteiger partial charge in [0, 0.05) is 44.5 Å². The Balaban J connectivity index is 1.21. The van der Waals surface area contributed by atoms with Crippen molar-refractivity contribution in [3.63, 3.8) is 0 Å². The molecule has 2 heterocycles. The van der Waals surface area contributed by atoms with Crippen LogP contribution in [-0.4, -0.2) is 63.9 Å². The zero-order valence-corrected chi connectivity index (χ0v) is 20.5. The molecule has 1 aliphatic heterocycles. The number of hydrogen-bond donors (Lipinski definition) is 1. The second kappa shape index (κ2) is 10.1. The van der Waals surface area contributed by atoms with Gasteiger partial charge < -0.3 is 10.2 Å². The van der Waals surface area contributed by atoms with E-state index in [1.165, 1.54) is 4.68 Å². The third-order valence-electron chi connectivity index (χ3n) is 6.93. The van der Waals surface area contributed by atoms with Crippen LogP contribution in [0.25, 0.3) is 5.69 Å². The lowest BCUT2D eigenvalue weighted by Gasteiger charge is -2.37. The van der Waals surface area contributed by atoms with Gasteiger partial charge in [-0.15, -0.1) is 0 Å². The first-order chi connectivity index (χ1) is 17.0. The van der Waals surface area contributed by atoms with Gasteiger partial charge in [-0.1, -0.05) is 30.3 Å². The molecule has 8 heteroatoms. The summed E-state index contributed by atoms with van der Waals surface area (Å²) in [5.41, 5.74) is 2.92. The number of hydrogen-bond acceptors (Lipinski definition) is 5. The van der Waals surface area contributed by atoms with Crippen molar-refractivity contribution in [2.75, 3.05) is 37.6 Å². The van der Waals surface area contributed by atoms with Crippen LogP contribution in [0.5, 0.6) is 0 Å².